The van der Waals surface area contributed by atoms with E-state index < -0.39 is 0 Å². The maximum atomic E-state index is 6.39. The number of furan rings is 1. The van der Waals surface area contributed by atoms with Gasteiger partial charge in [0.2, 0.25) is 0 Å². The zero-order valence-corrected chi connectivity index (χ0v) is 19.7. The predicted octanol–water partition coefficient (Wildman–Crippen LogP) is 6.49. The Hall–Kier alpha value is -3.35. The van der Waals surface area contributed by atoms with Crippen molar-refractivity contribution in [3.63, 3.8) is 0 Å². The number of aromatic nitrogens is 1. The number of halogens is 1. The van der Waals surface area contributed by atoms with Gasteiger partial charge in [-0.05, 0) is 79.3 Å². The fourth-order valence-electron chi connectivity index (χ4n) is 4.08. The first-order chi connectivity index (χ1) is 16.0. The fourth-order valence-corrected chi connectivity index (χ4v) is 4.60. The largest absolute Gasteiger partial charge is 0.497 e. The zero-order valence-electron chi connectivity index (χ0n) is 18.2. The summed E-state index contributed by atoms with van der Waals surface area (Å²) in [4.78, 5) is 6.65. The van der Waals surface area contributed by atoms with E-state index in [0.29, 0.717) is 10.1 Å². The van der Waals surface area contributed by atoms with Gasteiger partial charge in [0.25, 0.3) is 0 Å². The normalized spacial score (nSPS) is 17.8. The molecule has 2 aromatic heterocycles. The molecule has 0 saturated carbocycles. The summed E-state index contributed by atoms with van der Waals surface area (Å²) in [5, 5.41) is 4.76. The second kappa shape index (κ2) is 8.89. The van der Waals surface area contributed by atoms with Crippen LogP contribution in [0.2, 0.25) is 5.02 Å². The molecular weight excluding hydrogens is 454 g/mol. The average molecular weight is 476 g/mol. The molecule has 33 heavy (non-hydrogen) atoms. The van der Waals surface area contributed by atoms with Gasteiger partial charge in [-0.2, -0.15) is 0 Å². The number of methoxy groups -OCH3 is 1. The van der Waals surface area contributed by atoms with Crippen molar-refractivity contribution in [2.24, 2.45) is 0 Å². The van der Waals surface area contributed by atoms with Gasteiger partial charge in [-0.3, -0.25) is 4.98 Å². The smallest absolute Gasteiger partial charge is 0.174 e. The van der Waals surface area contributed by atoms with Crippen LogP contribution in [0.15, 0.2) is 83.4 Å². The molecule has 7 heteroatoms. The van der Waals surface area contributed by atoms with Crippen molar-refractivity contribution >= 4 is 34.6 Å². The molecular formula is C26H22ClN3O2S. The van der Waals surface area contributed by atoms with Crippen LogP contribution in [0.3, 0.4) is 0 Å². The van der Waals surface area contributed by atoms with Gasteiger partial charge in [0.05, 0.1) is 18.8 Å². The Morgan fingerprint density at radius 3 is 2.58 bits per heavy atom. The summed E-state index contributed by atoms with van der Waals surface area (Å²) in [5.74, 6) is 2.31. The van der Waals surface area contributed by atoms with E-state index in [1.54, 1.807) is 13.3 Å². The first-order valence-corrected chi connectivity index (χ1v) is 11.3. The lowest BCUT2D eigenvalue weighted by atomic mass is 10.0. The Morgan fingerprint density at radius 2 is 1.88 bits per heavy atom. The molecule has 0 bridgehead atoms. The molecule has 0 spiro atoms. The van der Waals surface area contributed by atoms with Crippen LogP contribution < -0.4 is 15.0 Å². The van der Waals surface area contributed by atoms with Crippen LogP contribution in [0, 0.1) is 6.92 Å². The van der Waals surface area contributed by atoms with Crippen molar-refractivity contribution < 1.29 is 9.15 Å². The number of nitrogens with one attached hydrogen (secondary N) is 1. The lowest BCUT2D eigenvalue weighted by Crippen LogP contribution is -2.29. The first kappa shape index (κ1) is 21.5. The van der Waals surface area contributed by atoms with Crippen molar-refractivity contribution in [2.75, 3.05) is 12.0 Å². The van der Waals surface area contributed by atoms with Crippen molar-refractivity contribution in [3.05, 3.63) is 101 Å². The molecule has 2 atom stereocenters. The number of nitrogens with zero attached hydrogens (tertiary/aromatic N) is 2. The number of rotatable bonds is 5. The standard InChI is InChI=1S/C26H22ClN3O2S/c1-16-6-7-17(15-20(16)27)22-12-13-23(32-22)25-24(21-5-3-4-14-28-21)29-26(33)30(25)18-8-10-19(31-2)11-9-18/h3-15,24-25H,1-2H3,(H,29,33)/t24-,25-/m1/s1. The third-order valence-corrected chi connectivity index (χ3v) is 6.55. The molecule has 4 aromatic rings. The number of ether oxygens (including phenoxy) is 1. The summed E-state index contributed by atoms with van der Waals surface area (Å²) in [6, 6.07) is 23.2. The third-order valence-electron chi connectivity index (χ3n) is 5.82. The van der Waals surface area contributed by atoms with Gasteiger partial charge in [0.15, 0.2) is 5.11 Å². The van der Waals surface area contributed by atoms with Crippen LogP contribution in [0.25, 0.3) is 11.3 Å². The second-order valence-corrected chi connectivity index (χ2v) is 8.65. The summed E-state index contributed by atoms with van der Waals surface area (Å²) in [7, 11) is 1.65. The maximum Gasteiger partial charge on any atom is 0.174 e. The highest BCUT2D eigenvalue weighted by Gasteiger charge is 2.42. The average Bonchev–Trinajstić information content (AvgIpc) is 3.46. The van der Waals surface area contributed by atoms with Crippen molar-refractivity contribution in [3.8, 4) is 17.1 Å². The monoisotopic (exact) mass is 475 g/mol. The fraction of sp³-hybridized carbons (Fsp3) is 0.154. The Kier molecular flexibility index (Phi) is 5.79. The van der Waals surface area contributed by atoms with Crippen LogP contribution >= 0.6 is 23.8 Å². The van der Waals surface area contributed by atoms with Crippen LogP contribution in [0.1, 0.15) is 29.1 Å². The summed E-state index contributed by atoms with van der Waals surface area (Å²) in [5.41, 5.74) is 3.78. The number of anilines is 1. The SMILES string of the molecule is COc1ccc(N2C(=S)N[C@H](c3ccccn3)[C@H]2c2ccc(-c3ccc(C)c(Cl)c3)o2)cc1. The van der Waals surface area contributed by atoms with E-state index in [2.05, 4.69) is 15.2 Å². The maximum absolute atomic E-state index is 6.39. The minimum atomic E-state index is -0.226. The first-order valence-electron chi connectivity index (χ1n) is 10.6. The van der Waals surface area contributed by atoms with E-state index in [1.807, 2.05) is 79.7 Å². The molecule has 0 aliphatic carbocycles. The second-order valence-electron chi connectivity index (χ2n) is 7.86. The zero-order chi connectivity index (χ0) is 22.9. The topological polar surface area (TPSA) is 50.5 Å². The minimum absolute atomic E-state index is 0.179. The van der Waals surface area contributed by atoms with Crippen LogP contribution in [-0.4, -0.2) is 17.2 Å². The lowest BCUT2D eigenvalue weighted by molar-refractivity contribution is 0.414. The van der Waals surface area contributed by atoms with Crippen LogP contribution in [0.4, 0.5) is 5.69 Å². The lowest BCUT2D eigenvalue weighted by Gasteiger charge is -2.26. The minimum Gasteiger partial charge on any atom is -0.497 e. The van der Waals surface area contributed by atoms with E-state index in [9.17, 15) is 0 Å². The van der Waals surface area contributed by atoms with Crippen LogP contribution in [0.5, 0.6) is 5.75 Å². The highest BCUT2D eigenvalue weighted by atomic mass is 35.5. The van der Waals surface area contributed by atoms with Gasteiger partial charge in [-0.25, -0.2) is 0 Å². The molecule has 1 saturated heterocycles. The van der Waals surface area contributed by atoms with E-state index in [4.69, 9.17) is 33.0 Å². The molecule has 2 aromatic carbocycles. The molecule has 1 aliphatic rings. The summed E-state index contributed by atoms with van der Waals surface area (Å²) in [6.45, 7) is 1.98. The van der Waals surface area contributed by atoms with Gasteiger partial charge in [0.1, 0.15) is 23.3 Å². The van der Waals surface area contributed by atoms with Crippen LogP contribution in [-0.2, 0) is 0 Å². The third kappa shape index (κ3) is 4.08. The molecule has 0 unspecified atom stereocenters. The van der Waals surface area contributed by atoms with Crippen molar-refractivity contribution in [1.29, 1.82) is 0 Å². The molecule has 3 heterocycles. The summed E-state index contributed by atoms with van der Waals surface area (Å²) in [6.07, 6.45) is 1.79. The number of pyridine rings is 1. The van der Waals surface area contributed by atoms with Gasteiger partial charge >= 0.3 is 0 Å². The Morgan fingerprint density at radius 1 is 1.06 bits per heavy atom. The highest BCUT2D eigenvalue weighted by Crippen LogP contribution is 2.43. The molecule has 1 N–H and O–H groups in total. The number of thiocarbonyl (C=S) groups is 1. The molecule has 0 amide bonds. The molecule has 5 rings (SSSR count). The molecule has 1 aliphatic heterocycles. The van der Waals surface area contributed by atoms with E-state index >= 15 is 0 Å². The highest BCUT2D eigenvalue weighted by molar-refractivity contribution is 7.80. The van der Waals surface area contributed by atoms with Gasteiger partial charge < -0.3 is 19.4 Å². The summed E-state index contributed by atoms with van der Waals surface area (Å²) >= 11 is 12.1. The predicted molar refractivity (Wildman–Crippen MR) is 135 cm³/mol. The van der Waals surface area contributed by atoms with Gasteiger partial charge in [-0.15, -0.1) is 0 Å². The van der Waals surface area contributed by atoms with Crippen molar-refractivity contribution in [1.82, 2.24) is 10.3 Å². The molecule has 1 fully saturated rings. The molecule has 5 nitrogen and oxygen atoms in total. The number of benzene rings is 2. The van der Waals surface area contributed by atoms with Gasteiger partial charge in [-0.1, -0.05) is 29.8 Å². The Bertz CT molecular complexity index is 1290. The van der Waals surface area contributed by atoms with E-state index in [0.717, 1.165) is 39.8 Å². The van der Waals surface area contributed by atoms with Crippen molar-refractivity contribution in [2.45, 2.75) is 19.0 Å². The number of hydrogen-bond acceptors (Lipinski definition) is 4. The Labute approximate surface area is 203 Å². The number of aryl methyl sites for hydroxylation is 1. The molecule has 166 valence electrons. The number of hydrogen-bond donors (Lipinski definition) is 1. The Balaban J connectivity index is 1.58. The van der Waals surface area contributed by atoms with E-state index in [-0.39, 0.29) is 12.1 Å². The van der Waals surface area contributed by atoms with E-state index in [1.165, 1.54) is 0 Å². The van der Waals surface area contributed by atoms with Gasteiger partial charge in [0, 0.05) is 22.5 Å². The quantitative estimate of drug-likeness (QED) is 0.333. The summed E-state index contributed by atoms with van der Waals surface area (Å²) < 4.78 is 11.7. The molecule has 0 radical (unpaired) electrons.